The van der Waals surface area contributed by atoms with Gasteiger partial charge in [-0.25, -0.2) is 9.37 Å². The predicted molar refractivity (Wildman–Crippen MR) is 81.2 cm³/mol. The molecule has 0 bridgehead atoms. The third-order valence-corrected chi connectivity index (χ3v) is 4.04. The summed E-state index contributed by atoms with van der Waals surface area (Å²) in [6, 6.07) is 5.62. The number of nitrogens with zero attached hydrogens (tertiary/aromatic N) is 3. The number of aromatic amines is 2. The number of aromatic nitrogens is 5. The highest BCUT2D eigenvalue weighted by Crippen LogP contribution is 2.26. The molecule has 0 atom stereocenters. The van der Waals surface area contributed by atoms with E-state index in [0.29, 0.717) is 22.2 Å². The van der Waals surface area contributed by atoms with Gasteiger partial charge in [-0.05, 0) is 24.3 Å². The molecule has 0 fully saturated rings. The van der Waals surface area contributed by atoms with Crippen molar-refractivity contribution in [3.05, 3.63) is 57.3 Å². The second kappa shape index (κ2) is 6.29. The normalized spacial score (nSPS) is 10.8. The van der Waals surface area contributed by atoms with E-state index < -0.39 is 5.56 Å². The smallest absolute Gasteiger partial charge is 0.270 e. The summed E-state index contributed by atoms with van der Waals surface area (Å²) in [5, 5.41) is 10.5. The van der Waals surface area contributed by atoms with Gasteiger partial charge in [0.15, 0.2) is 5.16 Å². The number of hydrogen-bond acceptors (Lipinski definition) is 5. The maximum atomic E-state index is 13.0. The molecule has 0 saturated heterocycles. The van der Waals surface area contributed by atoms with E-state index in [1.165, 1.54) is 36.0 Å². The molecule has 6 nitrogen and oxygen atoms in total. The van der Waals surface area contributed by atoms with Crippen molar-refractivity contribution in [2.75, 3.05) is 0 Å². The Kier molecular flexibility index (Phi) is 4.21. The first-order chi connectivity index (χ1) is 10.6. The van der Waals surface area contributed by atoms with E-state index in [1.54, 1.807) is 6.20 Å². The van der Waals surface area contributed by atoms with Crippen molar-refractivity contribution in [3.8, 4) is 11.3 Å². The van der Waals surface area contributed by atoms with Crippen LogP contribution in [0.3, 0.4) is 0 Å². The molecule has 22 heavy (non-hydrogen) atoms. The lowest BCUT2D eigenvalue weighted by Crippen LogP contribution is -2.11. The number of rotatable bonds is 4. The summed E-state index contributed by atoms with van der Waals surface area (Å²) in [6.45, 7) is 0. The maximum Gasteiger partial charge on any atom is 0.270 e. The van der Waals surface area contributed by atoms with Crippen molar-refractivity contribution < 1.29 is 4.39 Å². The van der Waals surface area contributed by atoms with E-state index in [1.807, 2.05) is 0 Å². The highest BCUT2D eigenvalue weighted by Gasteiger charge is 2.12. The molecule has 0 radical (unpaired) electrons. The molecule has 0 saturated carbocycles. The van der Waals surface area contributed by atoms with Crippen LogP contribution in [0.2, 0.25) is 5.02 Å². The van der Waals surface area contributed by atoms with Gasteiger partial charge in [0.2, 0.25) is 0 Å². The molecule has 2 heterocycles. The molecule has 2 N–H and O–H groups in total. The highest BCUT2D eigenvalue weighted by molar-refractivity contribution is 7.98. The molecule has 0 aliphatic heterocycles. The van der Waals surface area contributed by atoms with Crippen LogP contribution in [0.25, 0.3) is 11.3 Å². The fourth-order valence-corrected chi connectivity index (χ4v) is 2.69. The Hall–Kier alpha value is -2.19. The highest BCUT2D eigenvalue weighted by atomic mass is 35.5. The Morgan fingerprint density at radius 2 is 2.05 bits per heavy atom. The second-order valence-electron chi connectivity index (χ2n) is 4.29. The minimum atomic E-state index is -0.446. The summed E-state index contributed by atoms with van der Waals surface area (Å²) in [4.78, 5) is 18.8. The van der Waals surface area contributed by atoms with Crippen LogP contribution in [0.15, 0.2) is 40.4 Å². The van der Waals surface area contributed by atoms with E-state index in [9.17, 15) is 9.18 Å². The third kappa shape index (κ3) is 3.18. The Morgan fingerprint density at radius 1 is 1.27 bits per heavy atom. The Labute approximate surface area is 133 Å². The van der Waals surface area contributed by atoms with Crippen molar-refractivity contribution >= 4 is 23.4 Å². The second-order valence-corrected chi connectivity index (χ2v) is 5.63. The lowest BCUT2D eigenvalue weighted by molar-refractivity contribution is 0.628. The van der Waals surface area contributed by atoms with Gasteiger partial charge in [0.25, 0.3) is 5.56 Å². The lowest BCUT2D eigenvalue weighted by atomic mass is 10.1. The van der Waals surface area contributed by atoms with E-state index >= 15 is 0 Å². The molecular formula is C13H9ClFN5OS. The fraction of sp³-hybridized carbons (Fsp3) is 0.0769. The van der Waals surface area contributed by atoms with Gasteiger partial charge < -0.3 is 4.98 Å². The molecule has 0 amide bonds. The molecule has 0 aliphatic carbocycles. The molecule has 112 valence electrons. The number of thioether (sulfide) groups is 1. The number of nitrogens with one attached hydrogen (secondary N) is 2. The molecule has 1 aromatic carbocycles. The van der Waals surface area contributed by atoms with Gasteiger partial charge in [-0.15, -0.1) is 0 Å². The van der Waals surface area contributed by atoms with Gasteiger partial charge >= 0.3 is 0 Å². The van der Waals surface area contributed by atoms with Crippen LogP contribution >= 0.6 is 23.4 Å². The minimum Gasteiger partial charge on any atom is -0.300 e. The van der Waals surface area contributed by atoms with Crippen molar-refractivity contribution in [2.24, 2.45) is 0 Å². The van der Waals surface area contributed by atoms with Crippen LogP contribution < -0.4 is 5.56 Å². The Bertz CT molecular complexity index is 835. The zero-order valence-corrected chi connectivity index (χ0v) is 12.6. The average molecular weight is 338 g/mol. The molecule has 2 aromatic heterocycles. The fourth-order valence-electron chi connectivity index (χ4n) is 1.74. The Balaban J connectivity index is 1.92. The number of benzene rings is 1. The summed E-state index contributed by atoms with van der Waals surface area (Å²) < 4.78 is 13.0. The molecule has 0 aliphatic rings. The standard InChI is InChI=1S/C13H9ClFN5OS/c14-10-11(7-1-3-8(15)4-2-7)17-13(18-12(10)21)22-6-9-5-16-20-19-9/h1-5H,6H2,(H,16,19,20)(H,17,18,21). The predicted octanol–water partition coefficient (Wildman–Crippen LogP) is 2.64. The number of H-pyrrole nitrogens is 2. The van der Waals surface area contributed by atoms with E-state index in [-0.39, 0.29) is 10.8 Å². The monoisotopic (exact) mass is 337 g/mol. The van der Waals surface area contributed by atoms with Gasteiger partial charge in [0, 0.05) is 11.3 Å². The van der Waals surface area contributed by atoms with Gasteiger partial charge in [0.05, 0.1) is 17.6 Å². The van der Waals surface area contributed by atoms with E-state index in [2.05, 4.69) is 25.4 Å². The van der Waals surface area contributed by atoms with Crippen molar-refractivity contribution in [3.63, 3.8) is 0 Å². The van der Waals surface area contributed by atoms with Crippen LogP contribution in [0.1, 0.15) is 5.69 Å². The van der Waals surface area contributed by atoms with Crippen molar-refractivity contribution in [1.29, 1.82) is 0 Å². The van der Waals surface area contributed by atoms with Gasteiger partial charge in [-0.1, -0.05) is 23.4 Å². The van der Waals surface area contributed by atoms with Crippen LogP contribution in [-0.2, 0) is 5.75 Å². The van der Waals surface area contributed by atoms with Gasteiger partial charge in [-0.2, -0.15) is 15.4 Å². The Morgan fingerprint density at radius 3 is 2.73 bits per heavy atom. The first-order valence-electron chi connectivity index (χ1n) is 6.16. The summed E-state index contributed by atoms with van der Waals surface area (Å²) in [6.07, 6.45) is 1.59. The van der Waals surface area contributed by atoms with Crippen LogP contribution in [-0.4, -0.2) is 25.4 Å². The average Bonchev–Trinajstić information content (AvgIpc) is 3.03. The van der Waals surface area contributed by atoms with Crippen molar-refractivity contribution in [1.82, 2.24) is 25.4 Å². The maximum absolute atomic E-state index is 13.0. The first-order valence-corrected chi connectivity index (χ1v) is 7.53. The summed E-state index contributed by atoms with van der Waals surface area (Å²) in [7, 11) is 0. The molecule has 0 unspecified atom stereocenters. The van der Waals surface area contributed by atoms with Crippen LogP contribution in [0, 0.1) is 5.82 Å². The minimum absolute atomic E-state index is 0.0302. The number of hydrogen-bond donors (Lipinski definition) is 2. The van der Waals surface area contributed by atoms with Crippen LogP contribution in [0.5, 0.6) is 0 Å². The largest absolute Gasteiger partial charge is 0.300 e. The molecule has 3 rings (SSSR count). The first kappa shape index (κ1) is 14.7. The number of halogens is 2. The van der Waals surface area contributed by atoms with Gasteiger partial charge in [-0.3, -0.25) is 4.79 Å². The summed E-state index contributed by atoms with van der Waals surface area (Å²) in [5.74, 6) is 0.120. The van der Waals surface area contributed by atoms with Gasteiger partial charge in [0.1, 0.15) is 10.8 Å². The zero-order valence-electron chi connectivity index (χ0n) is 11.0. The topological polar surface area (TPSA) is 87.3 Å². The molecule has 3 aromatic rings. The van der Waals surface area contributed by atoms with E-state index in [4.69, 9.17) is 11.6 Å². The lowest BCUT2D eigenvalue weighted by Gasteiger charge is -2.06. The molecule has 9 heteroatoms. The van der Waals surface area contributed by atoms with E-state index in [0.717, 1.165) is 5.69 Å². The quantitative estimate of drug-likeness (QED) is 0.564. The summed E-state index contributed by atoms with van der Waals surface area (Å²) in [5.41, 5.74) is 1.17. The van der Waals surface area contributed by atoms with Crippen LogP contribution in [0.4, 0.5) is 4.39 Å². The molecular weight excluding hydrogens is 329 g/mol. The van der Waals surface area contributed by atoms with Crippen molar-refractivity contribution in [2.45, 2.75) is 10.9 Å². The zero-order chi connectivity index (χ0) is 15.5. The third-order valence-electron chi connectivity index (χ3n) is 2.78. The molecule has 0 spiro atoms. The summed E-state index contributed by atoms with van der Waals surface area (Å²) >= 11 is 7.29. The SMILES string of the molecule is O=c1[nH]c(SCc2cn[nH]n2)nc(-c2ccc(F)cc2)c1Cl.